The third-order valence-corrected chi connectivity index (χ3v) is 7.74. The van der Waals surface area contributed by atoms with Crippen molar-refractivity contribution in [2.75, 3.05) is 10.0 Å². The first kappa shape index (κ1) is 26.9. The maximum absolute atomic E-state index is 14.1. The van der Waals surface area contributed by atoms with E-state index in [1.165, 1.54) is 16.1 Å². The summed E-state index contributed by atoms with van der Waals surface area (Å²) in [5.74, 6) is -3.36. The predicted molar refractivity (Wildman–Crippen MR) is 156 cm³/mol. The highest BCUT2D eigenvalue weighted by atomic mass is 16.6. The van der Waals surface area contributed by atoms with E-state index in [0.29, 0.717) is 28.4 Å². The van der Waals surface area contributed by atoms with Gasteiger partial charge in [-0.3, -0.25) is 19.7 Å². The number of hydrazone groups is 2. The molecule has 3 aromatic carbocycles. The number of nitrogens with zero attached hydrogens (tertiary/aromatic N) is 5. The number of benzene rings is 3. The fourth-order valence-electron chi connectivity index (χ4n) is 5.90. The van der Waals surface area contributed by atoms with Crippen LogP contribution in [0.1, 0.15) is 47.6 Å². The number of hydrogen-bond acceptors (Lipinski definition) is 6. The molecule has 40 heavy (non-hydrogen) atoms. The minimum Gasteiger partial charge on any atom is -0.272 e. The normalized spacial score (nSPS) is 19.0. The molecule has 5 rings (SSSR count). The van der Waals surface area contributed by atoms with Crippen molar-refractivity contribution in [2.45, 2.75) is 47.5 Å². The van der Waals surface area contributed by atoms with Gasteiger partial charge in [-0.05, 0) is 64.8 Å². The topological polar surface area (TPSA) is 108 Å². The van der Waals surface area contributed by atoms with Crippen molar-refractivity contribution < 1.29 is 14.5 Å². The van der Waals surface area contributed by atoms with Crippen molar-refractivity contribution in [3.63, 3.8) is 0 Å². The van der Waals surface area contributed by atoms with E-state index in [1.54, 1.807) is 32.0 Å². The van der Waals surface area contributed by atoms with Gasteiger partial charge in [0.15, 0.2) is 0 Å². The quantitative estimate of drug-likeness (QED) is 0.284. The van der Waals surface area contributed by atoms with Gasteiger partial charge >= 0.3 is 0 Å². The van der Waals surface area contributed by atoms with Crippen LogP contribution in [0.3, 0.4) is 0 Å². The number of aryl methyl sites for hydroxylation is 4. The lowest BCUT2D eigenvalue weighted by molar-refractivity contribution is -0.385. The summed E-state index contributed by atoms with van der Waals surface area (Å²) in [6.07, 6.45) is 0. The number of hydrogen-bond donors (Lipinski definition) is 0. The summed E-state index contributed by atoms with van der Waals surface area (Å²) >= 11 is 0. The Balaban J connectivity index is 1.64. The number of nitro groups is 1. The Morgan fingerprint density at radius 1 is 0.725 bits per heavy atom. The van der Waals surface area contributed by atoms with Crippen LogP contribution in [0, 0.1) is 49.6 Å². The fourth-order valence-corrected chi connectivity index (χ4v) is 5.90. The third kappa shape index (κ3) is 4.47. The van der Waals surface area contributed by atoms with E-state index in [1.807, 2.05) is 64.1 Å². The lowest BCUT2D eigenvalue weighted by Gasteiger charge is -2.28. The van der Waals surface area contributed by atoms with Crippen molar-refractivity contribution in [3.8, 4) is 0 Å². The summed E-state index contributed by atoms with van der Waals surface area (Å²) in [5.41, 5.74) is 6.26. The summed E-state index contributed by atoms with van der Waals surface area (Å²) in [5, 5.41) is 24.1. The number of nitro benzene ring substituents is 1. The fraction of sp³-hybridized carbons (Fsp3) is 0.290. The van der Waals surface area contributed by atoms with Gasteiger partial charge in [-0.15, -0.1) is 0 Å². The van der Waals surface area contributed by atoms with Gasteiger partial charge in [-0.1, -0.05) is 53.6 Å². The van der Waals surface area contributed by atoms with Crippen LogP contribution >= 0.6 is 0 Å². The molecular formula is C31H31N5O4. The van der Waals surface area contributed by atoms with Gasteiger partial charge in [0, 0.05) is 29.0 Å². The van der Waals surface area contributed by atoms with Crippen LogP contribution < -0.4 is 10.0 Å². The zero-order chi connectivity index (χ0) is 28.9. The zero-order valence-corrected chi connectivity index (χ0v) is 23.4. The minimum atomic E-state index is -0.903. The second-order valence-corrected chi connectivity index (χ2v) is 10.7. The second kappa shape index (κ2) is 10.1. The highest BCUT2D eigenvalue weighted by Gasteiger charge is 2.51. The molecule has 9 heteroatoms. The SMILES string of the molecule is CC1=NN(c2ccc(C)cc2C)C(=O)[C@H]1C(c1ccccc1[N+](=O)[O-])[C@@H]1C(=O)N(c2ccc(C)cc2C)N=C1C. The molecule has 3 aromatic rings. The average molecular weight is 538 g/mol. The number of carbonyl (C=O) groups is 2. The first-order chi connectivity index (χ1) is 19.0. The molecule has 0 radical (unpaired) electrons. The highest BCUT2D eigenvalue weighted by Crippen LogP contribution is 2.45. The van der Waals surface area contributed by atoms with E-state index < -0.39 is 22.7 Å². The Labute approximate surface area is 233 Å². The highest BCUT2D eigenvalue weighted by molar-refractivity contribution is 6.20. The van der Waals surface area contributed by atoms with Gasteiger partial charge in [0.25, 0.3) is 17.5 Å². The van der Waals surface area contributed by atoms with E-state index in [9.17, 15) is 19.7 Å². The Morgan fingerprint density at radius 3 is 1.60 bits per heavy atom. The molecule has 0 spiro atoms. The smallest absolute Gasteiger partial charge is 0.272 e. The largest absolute Gasteiger partial charge is 0.272 e. The van der Waals surface area contributed by atoms with Gasteiger partial charge in [0.1, 0.15) is 0 Å². The summed E-state index contributed by atoms with van der Waals surface area (Å²) in [7, 11) is 0. The van der Waals surface area contributed by atoms with Crippen LogP contribution in [0.5, 0.6) is 0 Å². The zero-order valence-electron chi connectivity index (χ0n) is 23.4. The average Bonchev–Trinajstić information content (AvgIpc) is 3.34. The number of para-hydroxylation sites is 1. The molecule has 2 atom stereocenters. The Morgan fingerprint density at radius 2 is 1.18 bits per heavy atom. The Bertz CT molecular complexity index is 1530. The molecular weight excluding hydrogens is 506 g/mol. The molecule has 2 aliphatic rings. The summed E-state index contributed by atoms with van der Waals surface area (Å²) in [6, 6.07) is 17.8. The maximum Gasteiger partial charge on any atom is 0.272 e. The second-order valence-electron chi connectivity index (χ2n) is 10.7. The van der Waals surface area contributed by atoms with Crippen molar-refractivity contribution in [1.29, 1.82) is 0 Å². The molecule has 0 bridgehead atoms. The molecule has 0 fully saturated rings. The summed E-state index contributed by atoms with van der Waals surface area (Å²) < 4.78 is 0. The van der Waals surface area contributed by atoms with Gasteiger partial charge in [0.2, 0.25) is 0 Å². The van der Waals surface area contributed by atoms with Crippen molar-refractivity contribution >= 4 is 40.3 Å². The molecule has 9 nitrogen and oxygen atoms in total. The number of amides is 2. The lowest BCUT2D eigenvalue weighted by atomic mass is 9.72. The van der Waals surface area contributed by atoms with Gasteiger partial charge in [0.05, 0.1) is 28.1 Å². The first-order valence-corrected chi connectivity index (χ1v) is 13.2. The van der Waals surface area contributed by atoms with Crippen LogP contribution in [0.15, 0.2) is 70.9 Å². The monoisotopic (exact) mass is 537 g/mol. The third-order valence-electron chi connectivity index (χ3n) is 7.74. The van der Waals surface area contributed by atoms with Crippen molar-refractivity contribution in [1.82, 2.24) is 0 Å². The molecule has 0 saturated heterocycles. The van der Waals surface area contributed by atoms with E-state index in [4.69, 9.17) is 0 Å². The van der Waals surface area contributed by atoms with Crippen LogP contribution in [-0.4, -0.2) is 28.2 Å². The first-order valence-electron chi connectivity index (χ1n) is 13.2. The molecule has 0 aliphatic carbocycles. The molecule has 2 heterocycles. The van der Waals surface area contributed by atoms with Crippen LogP contribution in [0.4, 0.5) is 17.1 Å². The standard InChI is InChI=1S/C31H31N5O4/c1-17-11-13-24(19(3)15-17)34-30(37)27(21(5)32-34)29(23-9-7-8-10-26(23)36(39)40)28-22(6)33-35(31(28)38)25-14-12-18(2)16-20(25)4/h7-16,27-29H,1-6H3/t27-,28-/m1/s1. The van der Waals surface area contributed by atoms with Gasteiger partial charge < -0.3 is 0 Å². The van der Waals surface area contributed by atoms with Crippen molar-refractivity contribution in [2.24, 2.45) is 22.0 Å². The maximum atomic E-state index is 14.1. The van der Waals surface area contributed by atoms with E-state index in [-0.39, 0.29) is 17.5 Å². The van der Waals surface area contributed by atoms with Crippen molar-refractivity contribution in [3.05, 3.63) is 98.6 Å². The van der Waals surface area contributed by atoms with Crippen LogP contribution in [0.2, 0.25) is 0 Å². The van der Waals surface area contributed by atoms with E-state index in [2.05, 4.69) is 10.2 Å². The van der Waals surface area contributed by atoms with Gasteiger partial charge in [-0.25, -0.2) is 0 Å². The number of carbonyl (C=O) groups excluding carboxylic acids is 2. The minimum absolute atomic E-state index is 0.149. The molecule has 204 valence electrons. The summed E-state index contributed by atoms with van der Waals surface area (Å²) in [4.78, 5) is 40.0. The predicted octanol–water partition coefficient (Wildman–Crippen LogP) is 5.99. The van der Waals surface area contributed by atoms with Crippen LogP contribution in [-0.2, 0) is 9.59 Å². The summed E-state index contributed by atoms with van der Waals surface area (Å²) in [6.45, 7) is 11.2. The molecule has 2 aliphatic heterocycles. The van der Waals surface area contributed by atoms with E-state index >= 15 is 0 Å². The number of anilines is 2. The molecule has 0 aromatic heterocycles. The van der Waals surface area contributed by atoms with Gasteiger partial charge in [-0.2, -0.15) is 20.2 Å². The van der Waals surface area contributed by atoms with E-state index in [0.717, 1.165) is 22.3 Å². The lowest BCUT2D eigenvalue weighted by Crippen LogP contribution is -2.40. The molecule has 0 saturated carbocycles. The Kier molecular flexibility index (Phi) is 6.83. The molecule has 0 unspecified atom stereocenters. The number of rotatable bonds is 6. The molecule has 2 amide bonds. The Hall–Kier alpha value is -4.66. The van der Waals surface area contributed by atoms with Crippen LogP contribution in [0.25, 0.3) is 0 Å². The molecule has 0 N–H and O–H groups in total.